The van der Waals surface area contributed by atoms with E-state index in [1.807, 2.05) is 66.7 Å². The third kappa shape index (κ3) is 8.21. The van der Waals surface area contributed by atoms with Crippen molar-refractivity contribution in [2.45, 2.75) is 41.9 Å². The minimum Gasteiger partial charge on any atom is -0.392 e. The molecule has 0 saturated carbocycles. The molecule has 0 aliphatic carbocycles. The highest BCUT2D eigenvalue weighted by Crippen LogP contribution is 2.39. The minimum absolute atomic E-state index is 0.00443. The molecule has 0 spiro atoms. The zero-order valence-corrected chi connectivity index (χ0v) is 24.7. The highest BCUT2D eigenvalue weighted by molar-refractivity contribution is 6.76. The number of hydrogen-bond acceptors (Lipinski definition) is 6. The SMILES string of the molecule is O=C(NCc1cccc(-c2cccc([C@H]3O[C@@H](CN4CCOCC4)C[C@@H](c4ccc(CO)cc4)O3)c2)c1)C(Cl)(Cl)Cl. The van der Waals surface area contributed by atoms with Crippen LogP contribution in [0.5, 0.6) is 0 Å². The predicted octanol–water partition coefficient (Wildman–Crippen LogP) is 5.71. The number of aliphatic hydroxyl groups is 1. The van der Waals surface area contributed by atoms with Crippen LogP contribution in [0.4, 0.5) is 0 Å². The van der Waals surface area contributed by atoms with Crippen LogP contribution in [0.2, 0.25) is 0 Å². The maximum absolute atomic E-state index is 12.0. The molecule has 0 bridgehead atoms. The molecule has 3 aromatic carbocycles. The van der Waals surface area contributed by atoms with E-state index in [1.54, 1.807) is 0 Å². The monoisotopic (exact) mass is 618 g/mol. The first kappa shape index (κ1) is 30.3. The first-order valence-electron chi connectivity index (χ1n) is 13.6. The lowest BCUT2D eigenvalue weighted by Gasteiger charge is -2.39. The number of nitrogens with zero attached hydrogens (tertiary/aromatic N) is 1. The number of amides is 1. The highest BCUT2D eigenvalue weighted by atomic mass is 35.6. The third-order valence-electron chi connectivity index (χ3n) is 7.31. The van der Waals surface area contributed by atoms with Crippen molar-refractivity contribution in [3.63, 3.8) is 0 Å². The van der Waals surface area contributed by atoms with E-state index in [0.717, 1.165) is 72.6 Å². The van der Waals surface area contributed by atoms with Gasteiger partial charge in [0.1, 0.15) is 0 Å². The van der Waals surface area contributed by atoms with Crippen molar-refractivity contribution in [1.82, 2.24) is 10.2 Å². The fourth-order valence-corrected chi connectivity index (χ4v) is 5.31. The second-order valence-corrected chi connectivity index (χ2v) is 12.6. The number of halogens is 3. The predicted molar refractivity (Wildman–Crippen MR) is 160 cm³/mol. The van der Waals surface area contributed by atoms with E-state index in [4.69, 9.17) is 49.0 Å². The second kappa shape index (κ2) is 13.8. The highest BCUT2D eigenvalue weighted by Gasteiger charge is 2.34. The molecule has 10 heteroatoms. The maximum atomic E-state index is 12.0. The van der Waals surface area contributed by atoms with E-state index in [9.17, 15) is 9.90 Å². The molecule has 2 N–H and O–H groups in total. The van der Waals surface area contributed by atoms with Gasteiger partial charge in [0, 0.05) is 38.2 Å². The molecule has 218 valence electrons. The third-order valence-corrected chi connectivity index (χ3v) is 7.83. The molecule has 0 aromatic heterocycles. The molecule has 2 fully saturated rings. The summed E-state index contributed by atoms with van der Waals surface area (Å²) in [7, 11) is 0. The summed E-state index contributed by atoms with van der Waals surface area (Å²) in [5.41, 5.74) is 5.68. The number of rotatable bonds is 8. The van der Waals surface area contributed by atoms with Crippen molar-refractivity contribution >= 4 is 40.7 Å². The lowest BCUT2D eigenvalue weighted by Crippen LogP contribution is -2.44. The van der Waals surface area contributed by atoms with E-state index in [2.05, 4.69) is 16.3 Å². The largest absolute Gasteiger partial charge is 0.392 e. The Morgan fingerprint density at radius 1 is 0.902 bits per heavy atom. The van der Waals surface area contributed by atoms with Crippen LogP contribution in [-0.2, 0) is 32.2 Å². The number of carbonyl (C=O) groups is 1. The van der Waals surface area contributed by atoms with Crippen molar-refractivity contribution in [2.75, 3.05) is 32.8 Å². The van der Waals surface area contributed by atoms with Gasteiger partial charge in [-0.15, -0.1) is 0 Å². The van der Waals surface area contributed by atoms with Gasteiger partial charge in [0.25, 0.3) is 9.70 Å². The molecule has 2 aliphatic heterocycles. The number of carbonyl (C=O) groups excluding carboxylic acids is 1. The molecule has 3 atom stereocenters. The Bertz CT molecular complexity index is 1310. The van der Waals surface area contributed by atoms with Crippen LogP contribution in [0.15, 0.2) is 72.8 Å². The Hall–Kier alpha value is -2.20. The average Bonchev–Trinajstić information content (AvgIpc) is 3.00. The summed E-state index contributed by atoms with van der Waals surface area (Å²) in [5.74, 6) is -0.673. The van der Waals surface area contributed by atoms with Gasteiger partial charge in [-0.3, -0.25) is 9.69 Å². The Balaban J connectivity index is 1.35. The average molecular weight is 620 g/mol. The first-order chi connectivity index (χ1) is 19.8. The Kier molecular flexibility index (Phi) is 10.2. The minimum atomic E-state index is -2.01. The van der Waals surface area contributed by atoms with E-state index < -0.39 is 16.0 Å². The summed E-state index contributed by atoms with van der Waals surface area (Å²) in [6, 6.07) is 23.9. The van der Waals surface area contributed by atoms with Crippen LogP contribution in [0.3, 0.4) is 0 Å². The van der Waals surface area contributed by atoms with Crippen LogP contribution in [0.1, 0.15) is 41.1 Å². The van der Waals surface area contributed by atoms with Gasteiger partial charge < -0.3 is 24.6 Å². The van der Waals surface area contributed by atoms with E-state index in [1.165, 1.54) is 0 Å². The molecule has 3 aromatic rings. The summed E-state index contributed by atoms with van der Waals surface area (Å²) in [4.78, 5) is 14.4. The summed E-state index contributed by atoms with van der Waals surface area (Å²) < 4.78 is 16.6. The summed E-state index contributed by atoms with van der Waals surface area (Å²) >= 11 is 17.0. The van der Waals surface area contributed by atoms with Gasteiger partial charge in [-0.25, -0.2) is 0 Å². The van der Waals surface area contributed by atoms with Crippen molar-refractivity contribution < 1.29 is 24.1 Å². The zero-order chi connectivity index (χ0) is 28.8. The van der Waals surface area contributed by atoms with Crippen LogP contribution in [-0.4, -0.2) is 58.7 Å². The van der Waals surface area contributed by atoms with E-state index in [0.29, 0.717) is 0 Å². The molecule has 1 amide bonds. The Morgan fingerprint density at radius 2 is 1.61 bits per heavy atom. The number of alkyl halides is 3. The molecular weight excluding hydrogens is 587 g/mol. The lowest BCUT2D eigenvalue weighted by molar-refractivity contribution is -0.253. The molecule has 2 heterocycles. The zero-order valence-electron chi connectivity index (χ0n) is 22.5. The Morgan fingerprint density at radius 3 is 2.32 bits per heavy atom. The number of benzene rings is 3. The maximum Gasteiger partial charge on any atom is 0.272 e. The normalized spacial score (nSPS) is 21.9. The first-order valence-corrected chi connectivity index (χ1v) is 14.8. The van der Waals surface area contributed by atoms with Crippen LogP contribution in [0, 0.1) is 0 Å². The molecule has 5 rings (SSSR count). The van der Waals surface area contributed by atoms with Crippen molar-refractivity contribution in [1.29, 1.82) is 0 Å². The van der Waals surface area contributed by atoms with Gasteiger partial charge in [0.05, 0.1) is 32.0 Å². The molecule has 41 heavy (non-hydrogen) atoms. The molecule has 7 nitrogen and oxygen atoms in total. The standard InChI is InChI=1S/C31H33Cl3N2O5/c32-31(33,34)30(38)35-18-22-3-1-4-24(15-22)25-5-2-6-26(16-25)29-40-27(19-36-11-13-39-14-12-36)17-28(41-29)23-9-7-21(20-37)8-10-23/h1-10,15-16,27-29,37H,11-14,17-20H2,(H,35,38)/t27-,28+,29+/m1/s1. The number of hydrogen-bond donors (Lipinski definition) is 2. The van der Waals surface area contributed by atoms with Gasteiger partial charge in [-0.1, -0.05) is 95.5 Å². The van der Waals surface area contributed by atoms with Gasteiger partial charge in [0.2, 0.25) is 0 Å². The van der Waals surface area contributed by atoms with Crippen LogP contribution < -0.4 is 5.32 Å². The van der Waals surface area contributed by atoms with Crippen molar-refractivity contribution in [3.05, 3.63) is 95.1 Å². The fourth-order valence-electron chi connectivity index (χ4n) is 5.11. The van der Waals surface area contributed by atoms with Gasteiger partial charge in [-0.05, 0) is 39.9 Å². The number of aliphatic hydroxyl groups excluding tert-OH is 1. The molecule has 0 unspecified atom stereocenters. The molecule has 2 aliphatic rings. The van der Waals surface area contributed by atoms with Crippen LogP contribution >= 0.6 is 34.8 Å². The quantitative estimate of drug-likeness (QED) is 0.315. The summed E-state index contributed by atoms with van der Waals surface area (Å²) in [6.07, 6.45) is 0.00138. The topological polar surface area (TPSA) is 80.3 Å². The van der Waals surface area contributed by atoms with Crippen LogP contribution in [0.25, 0.3) is 11.1 Å². The smallest absolute Gasteiger partial charge is 0.272 e. The van der Waals surface area contributed by atoms with Gasteiger partial charge >= 0.3 is 0 Å². The molecule has 2 saturated heterocycles. The van der Waals surface area contributed by atoms with E-state index in [-0.39, 0.29) is 25.4 Å². The van der Waals surface area contributed by atoms with Gasteiger partial charge in [-0.2, -0.15) is 0 Å². The summed E-state index contributed by atoms with van der Waals surface area (Å²) in [6.45, 7) is 4.27. The molecular formula is C31H33Cl3N2O5. The van der Waals surface area contributed by atoms with Gasteiger partial charge in [0.15, 0.2) is 6.29 Å². The number of ether oxygens (including phenoxy) is 3. The molecule has 0 radical (unpaired) electrons. The lowest BCUT2D eigenvalue weighted by atomic mass is 9.98. The van der Waals surface area contributed by atoms with Crippen molar-refractivity contribution in [2.24, 2.45) is 0 Å². The fraction of sp³-hybridized carbons (Fsp3) is 0.387. The Labute approximate surface area is 255 Å². The second-order valence-electron chi connectivity index (χ2n) is 10.3. The summed E-state index contributed by atoms with van der Waals surface area (Å²) in [5, 5.41) is 12.1. The van der Waals surface area contributed by atoms with Crippen molar-refractivity contribution in [3.8, 4) is 11.1 Å². The number of morpholine rings is 1. The number of nitrogens with one attached hydrogen (secondary N) is 1. The van der Waals surface area contributed by atoms with E-state index >= 15 is 0 Å².